The van der Waals surface area contributed by atoms with Crippen molar-refractivity contribution in [2.45, 2.75) is 84.2 Å². The molecule has 3 N–H and O–H groups in total. The average Bonchev–Trinajstić information content (AvgIpc) is 2.52. The van der Waals surface area contributed by atoms with Gasteiger partial charge in [-0.15, -0.1) is 0 Å². The van der Waals surface area contributed by atoms with Crippen LogP contribution in [0.1, 0.15) is 72.1 Å². The second-order valence-corrected chi connectivity index (χ2v) is 7.10. The molecule has 0 aromatic carbocycles. The largest absolute Gasteiger partial charge is 0.356 e. The first-order valence-electron chi connectivity index (χ1n) is 9.27. The molecular weight excluding hydrogens is 288 g/mol. The minimum atomic E-state index is 0.0771. The highest BCUT2D eigenvalue weighted by Crippen LogP contribution is 2.27. The van der Waals surface area contributed by atoms with Gasteiger partial charge in [-0.25, -0.2) is 0 Å². The van der Waals surface area contributed by atoms with E-state index >= 15 is 0 Å². The minimum Gasteiger partial charge on any atom is -0.356 e. The topological polar surface area (TPSA) is 65.5 Å². The summed E-state index contributed by atoms with van der Waals surface area (Å²) in [6, 6.07) is 0.604. The van der Waals surface area contributed by atoms with E-state index in [2.05, 4.69) is 27.9 Å². The van der Waals surface area contributed by atoms with Crippen LogP contribution in [0.15, 0.2) is 4.99 Å². The Labute approximate surface area is 142 Å². The lowest BCUT2D eigenvalue weighted by atomic mass is 9.85. The van der Waals surface area contributed by atoms with Crippen LogP contribution in [0, 0.1) is 5.92 Å². The van der Waals surface area contributed by atoms with Crippen LogP contribution in [-0.2, 0) is 4.79 Å². The van der Waals surface area contributed by atoms with E-state index in [-0.39, 0.29) is 11.9 Å². The van der Waals surface area contributed by atoms with Gasteiger partial charge in [-0.2, -0.15) is 0 Å². The monoisotopic (exact) mass is 324 g/mol. The van der Waals surface area contributed by atoms with E-state index < -0.39 is 0 Å². The van der Waals surface area contributed by atoms with Crippen molar-refractivity contribution < 1.29 is 4.79 Å². The third kappa shape index (κ3) is 9.47. The molecular formula is C18H36N4O. The van der Waals surface area contributed by atoms with Crippen LogP contribution in [0.2, 0.25) is 0 Å². The molecule has 1 rings (SSSR count). The number of carbonyl (C=O) groups excluding carboxylic acids is 1. The molecule has 134 valence electrons. The SMILES string of the molecule is CN=C(NCCC(=O)NC(C)C)NC(C)CCC1CCCCC1. The smallest absolute Gasteiger partial charge is 0.221 e. The average molecular weight is 325 g/mol. The Morgan fingerprint density at radius 2 is 1.83 bits per heavy atom. The van der Waals surface area contributed by atoms with Gasteiger partial charge < -0.3 is 16.0 Å². The van der Waals surface area contributed by atoms with Gasteiger partial charge in [0, 0.05) is 32.1 Å². The Kier molecular flexibility index (Phi) is 9.72. The molecule has 1 aliphatic carbocycles. The lowest BCUT2D eigenvalue weighted by molar-refractivity contribution is -0.121. The highest BCUT2D eigenvalue weighted by atomic mass is 16.1. The van der Waals surface area contributed by atoms with Crippen LogP contribution in [0.4, 0.5) is 0 Å². The summed E-state index contributed by atoms with van der Waals surface area (Å²) >= 11 is 0. The van der Waals surface area contributed by atoms with Crippen LogP contribution < -0.4 is 16.0 Å². The highest BCUT2D eigenvalue weighted by Gasteiger charge is 2.15. The van der Waals surface area contributed by atoms with Gasteiger partial charge in [-0.3, -0.25) is 9.79 Å². The molecule has 23 heavy (non-hydrogen) atoms. The molecule has 0 aliphatic heterocycles. The first kappa shape index (κ1) is 19.8. The molecule has 1 aliphatic rings. The molecule has 0 bridgehead atoms. The Hall–Kier alpha value is -1.26. The number of nitrogens with zero attached hydrogens (tertiary/aromatic N) is 1. The summed E-state index contributed by atoms with van der Waals surface area (Å²) in [5.74, 6) is 1.79. The van der Waals surface area contributed by atoms with Gasteiger partial charge >= 0.3 is 0 Å². The van der Waals surface area contributed by atoms with Crippen molar-refractivity contribution in [3.63, 3.8) is 0 Å². The number of guanidine groups is 1. The zero-order valence-electron chi connectivity index (χ0n) is 15.5. The van der Waals surface area contributed by atoms with E-state index in [1.54, 1.807) is 7.05 Å². The molecule has 5 heteroatoms. The Morgan fingerprint density at radius 1 is 1.13 bits per heavy atom. The molecule has 0 spiro atoms. The molecule has 0 aromatic heterocycles. The fourth-order valence-electron chi connectivity index (χ4n) is 3.15. The molecule has 1 fully saturated rings. The summed E-state index contributed by atoms with van der Waals surface area (Å²) in [5, 5.41) is 9.54. The maximum atomic E-state index is 11.6. The van der Waals surface area contributed by atoms with Crippen LogP contribution in [0.5, 0.6) is 0 Å². The summed E-state index contributed by atoms with van der Waals surface area (Å²) in [4.78, 5) is 15.9. The number of amides is 1. The second kappa shape index (κ2) is 11.3. The summed E-state index contributed by atoms with van der Waals surface area (Å²) < 4.78 is 0. The third-order valence-electron chi connectivity index (χ3n) is 4.43. The fourth-order valence-corrected chi connectivity index (χ4v) is 3.15. The molecule has 5 nitrogen and oxygen atoms in total. The molecule has 1 amide bonds. The second-order valence-electron chi connectivity index (χ2n) is 7.10. The van der Waals surface area contributed by atoms with E-state index in [0.29, 0.717) is 19.0 Å². The molecule has 0 heterocycles. The number of nitrogens with one attached hydrogen (secondary N) is 3. The molecule has 1 saturated carbocycles. The van der Waals surface area contributed by atoms with E-state index in [9.17, 15) is 4.79 Å². The Balaban J connectivity index is 2.17. The summed E-state index contributed by atoms with van der Waals surface area (Å²) in [6.45, 7) is 6.76. The van der Waals surface area contributed by atoms with E-state index in [1.807, 2.05) is 13.8 Å². The molecule has 0 saturated heterocycles. The number of hydrogen-bond acceptors (Lipinski definition) is 2. The minimum absolute atomic E-state index is 0.0771. The van der Waals surface area contributed by atoms with Gasteiger partial charge in [0.25, 0.3) is 0 Å². The number of aliphatic imine (C=N–C) groups is 1. The quantitative estimate of drug-likeness (QED) is 0.475. The van der Waals surface area contributed by atoms with E-state index in [4.69, 9.17) is 0 Å². The third-order valence-corrected chi connectivity index (χ3v) is 4.43. The van der Waals surface area contributed by atoms with Gasteiger partial charge in [-0.1, -0.05) is 32.1 Å². The predicted molar refractivity (Wildman–Crippen MR) is 97.7 cm³/mol. The maximum absolute atomic E-state index is 11.6. The zero-order valence-corrected chi connectivity index (χ0v) is 15.5. The van der Waals surface area contributed by atoms with Gasteiger partial charge in [0.05, 0.1) is 0 Å². The number of hydrogen-bond donors (Lipinski definition) is 3. The standard InChI is InChI=1S/C18H36N4O/c1-14(2)21-17(23)12-13-20-18(19-4)22-15(3)10-11-16-8-6-5-7-9-16/h14-16H,5-13H2,1-4H3,(H,21,23)(H2,19,20,22). The Morgan fingerprint density at radius 3 is 2.43 bits per heavy atom. The van der Waals surface area contributed by atoms with E-state index in [0.717, 1.165) is 11.9 Å². The van der Waals surface area contributed by atoms with Crippen LogP contribution in [0.25, 0.3) is 0 Å². The van der Waals surface area contributed by atoms with Crippen molar-refractivity contribution in [3.05, 3.63) is 0 Å². The van der Waals surface area contributed by atoms with Gasteiger partial charge in [0.15, 0.2) is 5.96 Å². The Bertz CT molecular complexity index is 362. The summed E-state index contributed by atoms with van der Waals surface area (Å²) in [5.41, 5.74) is 0. The fraction of sp³-hybridized carbons (Fsp3) is 0.889. The van der Waals surface area contributed by atoms with Crippen molar-refractivity contribution in [3.8, 4) is 0 Å². The summed E-state index contributed by atoms with van der Waals surface area (Å²) in [6.07, 6.45) is 10.0. The number of carbonyl (C=O) groups is 1. The number of rotatable bonds is 8. The molecule has 1 atom stereocenters. The van der Waals surface area contributed by atoms with Gasteiger partial charge in [0.2, 0.25) is 5.91 Å². The van der Waals surface area contributed by atoms with Crippen molar-refractivity contribution in [2.24, 2.45) is 10.9 Å². The molecule has 1 unspecified atom stereocenters. The van der Waals surface area contributed by atoms with Crippen LogP contribution >= 0.6 is 0 Å². The lowest BCUT2D eigenvalue weighted by Gasteiger charge is -2.24. The first-order valence-corrected chi connectivity index (χ1v) is 9.27. The molecule has 0 radical (unpaired) electrons. The molecule has 0 aromatic rings. The highest BCUT2D eigenvalue weighted by molar-refractivity contribution is 5.81. The maximum Gasteiger partial charge on any atom is 0.221 e. The van der Waals surface area contributed by atoms with Crippen molar-refractivity contribution in [1.29, 1.82) is 0 Å². The van der Waals surface area contributed by atoms with E-state index in [1.165, 1.54) is 44.9 Å². The first-order chi connectivity index (χ1) is 11.0. The van der Waals surface area contributed by atoms with Crippen molar-refractivity contribution in [2.75, 3.05) is 13.6 Å². The van der Waals surface area contributed by atoms with Crippen LogP contribution in [0.3, 0.4) is 0 Å². The zero-order chi connectivity index (χ0) is 17.1. The van der Waals surface area contributed by atoms with Gasteiger partial charge in [-0.05, 0) is 39.5 Å². The summed E-state index contributed by atoms with van der Waals surface area (Å²) in [7, 11) is 1.78. The van der Waals surface area contributed by atoms with Crippen molar-refractivity contribution in [1.82, 2.24) is 16.0 Å². The predicted octanol–water partition coefficient (Wildman–Crippen LogP) is 2.82. The van der Waals surface area contributed by atoms with Gasteiger partial charge in [0.1, 0.15) is 0 Å². The normalized spacial score (nSPS) is 17.9. The van der Waals surface area contributed by atoms with Crippen molar-refractivity contribution >= 4 is 11.9 Å². The lowest BCUT2D eigenvalue weighted by Crippen LogP contribution is -2.43. The van der Waals surface area contributed by atoms with Crippen LogP contribution in [-0.4, -0.2) is 37.5 Å².